The fourth-order valence-electron chi connectivity index (χ4n) is 3.49. The SMILES string of the molecule is CCOC(=O)c1nnsc1NC(=O)C1CCN(C2=NS(=O)(=O)c3ccccc32)CC1. The zero-order valence-corrected chi connectivity index (χ0v) is 17.7. The highest BCUT2D eigenvalue weighted by Crippen LogP contribution is 2.30. The molecule has 1 saturated heterocycles. The van der Waals surface area contributed by atoms with Gasteiger partial charge in [0.05, 0.1) is 6.61 Å². The van der Waals surface area contributed by atoms with Crippen molar-refractivity contribution in [1.82, 2.24) is 14.5 Å². The number of likely N-dealkylation sites (tertiary alicyclic amines) is 1. The third-order valence-corrected chi connectivity index (χ3v) is 6.94. The molecule has 1 N–H and O–H groups in total. The summed E-state index contributed by atoms with van der Waals surface area (Å²) in [5, 5.41) is 6.72. The third kappa shape index (κ3) is 3.79. The van der Waals surface area contributed by atoms with Crippen molar-refractivity contribution in [3.63, 3.8) is 0 Å². The molecule has 2 aliphatic heterocycles. The number of benzene rings is 1. The Bertz CT molecular complexity index is 1120. The maximum absolute atomic E-state index is 12.7. The number of rotatable bonds is 4. The second-order valence-corrected chi connectivity index (χ2v) is 9.13. The summed E-state index contributed by atoms with van der Waals surface area (Å²) in [5.74, 6) is -0.712. The van der Waals surface area contributed by atoms with Gasteiger partial charge >= 0.3 is 5.97 Å². The molecule has 0 spiro atoms. The molecule has 0 atom stereocenters. The van der Waals surface area contributed by atoms with E-state index in [0.29, 0.717) is 37.3 Å². The van der Waals surface area contributed by atoms with Crippen LogP contribution in [0.2, 0.25) is 0 Å². The smallest absolute Gasteiger partial charge is 0.362 e. The number of anilines is 1. The van der Waals surface area contributed by atoms with Crippen molar-refractivity contribution in [3.05, 3.63) is 35.5 Å². The number of nitrogens with one attached hydrogen (secondary N) is 1. The lowest BCUT2D eigenvalue weighted by Gasteiger charge is -2.32. The molecular weight excluding hydrogens is 430 g/mol. The van der Waals surface area contributed by atoms with Crippen molar-refractivity contribution in [3.8, 4) is 0 Å². The Labute approximate surface area is 177 Å². The molecule has 0 radical (unpaired) electrons. The minimum absolute atomic E-state index is 0.00485. The van der Waals surface area contributed by atoms with Gasteiger partial charge in [0.15, 0.2) is 10.8 Å². The van der Waals surface area contributed by atoms with Crippen molar-refractivity contribution in [2.24, 2.45) is 10.3 Å². The van der Waals surface area contributed by atoms with Gasteiger partial charge in [-0.15, -0.1) is 9.50 Å². The second kappa shape index (κ2) is 8.11. The Morgan fingerprint density at radius 2 is 2.00 bits per heavy atom. The van der Waals surface area contributed by atoms with E-state index < -0.39 is 16.0 Å². The first kappa shape index (κ1) is 20.4. The van der Waals surface area contributed by atoms with Crippen LogP contribution in [0.3, 0.4) is 0 Å². The molecule has 1 aromatic carbocycles. The van der Waals surface area contributed by atoms with E-state index in [1.54, 1.807) is 31.2 Å². The van der Waals surface area contributed by atoms with E-state index in [-0.39, 0.29) is 34.0 Å². The number of amides is 1. The highest BCUT2D eigenvalue weighted by Gasteiger charge is 2.34. The zero-order chi connectivity index (χ0) is 21.3. The number of hydrogen-bond donors (Lipinski definition) is 1. The Morgan fingerprint density at radius 3 is 2.73 bits per heavy atom. The number of sulfonamides is 1. The molecule has 4 rings (SSSR count). The number of carbonyl (C=O) groups is 2. The van der Waals surface area contributed by atoms with Crippen LogP contribution in [0.4, 0.5) is 5.00 Å². The summed E-state index contributed by atoms with van der Waals surface area (Å²) in [6, 6.07) is 6.74. The molecule has 2 aliphatic rings. The van der Waals surface area contributed by atoms with E-state index >= 15 is 0 Å². The van der Waals surface area contributed by atoms with Crippen LogP contribution in [0.1, 0.15) is 35.8 Å². The molecule has 1 fully saturated rings. The van der Waals surface area contributed by atoms with Crippen molar-refractivity contribution in [2.45, 2.75) is 24.7 Å². The largest absolute Gasteiger partial charge is 0.461 e. The monoisotopic (exact) mass is 449 g/mol. The van der Waals surface area contributed by atoms with Crippen LogP contribution in [-0.4, -0.2) is 60.3 Å². The third-order valence-electron chi connectivity index (χ3n) is 4.97. The molecule has 10 nitrogen and oxygen atoms in total. The van der Waals surface area contributed by atoms with Crippen LogP contribution in [-0.2, 0) is 19.6 Å². The summed E-state index contributed by atoms with van der Waals surface area (Å²) in [6.45, 7) is 2.87. The Morgan fingerprint density at radius 1 is 1.27 bits per heavy atom. The molecule has 0 bridgehead atoms. The first-order chi connectivity index (χ1) is 14.4. The number of nitrogens with zero attached hydrogens (tertiary/aromatic N) is 4. The minimum atomic E-state index is -3.68. The molecule has 1 amide bonds. The molecule has 0 unspecified atom stereocenters. The molecule has 2 aromatic rings. The molecule has 1 aromatic heterocycles. The summed E-state index contributed by atoms with van der Waals surface area (Å²) in [7, 11) is -3.68. The lowest BCUT2D eigenvalue weighted by molar-refractivity contribution is -0.120. The van der Waals surface area contributed by atoms with Gasteiger partial charge in [-0.25, -0.2) is 4.79 Å². The predicted molar refractivity (Wildman–Crippen MR) is 109 cm³/mol. The van der Waals surface area contributed by atoms with Crippen LogP contribution in [0.15, 0.2) is 33.6 Å². The topological polar surface area (TPSA) is 131 Å². The van der Waals surface area contributed by atoms with Crippen molar-refractivity contribution in [1.29, 1.82) is 0 Å². The van der Waals surface area contributed by atoms with E-state index in [1.165, 1.54) is 0 Å². The number of aromatic nitrogens is 2. The molecule has 12 heteroatoms. The van der Waals surface area contributed by atoms with Crippen molar-refractivity contribution < 1.29 is 22.7 Å². The van der Waals surface area contributed by atoms with Gasteiger partial charge in [0, 0.05) is 36.1 Å². The van der Waals surface area contributed by atoms with Gasteiger partial charge in [0.2, 0.25) is 11.6 Å². The second-order valence-electron chi connectivity index (χ2n) is 6.81. The Kier molecular flexibility index (Phi) is 5.52. The maximum Gasteiger partial charge on any atom is 0.362 e. The molecule has 30 heavy (non-hydrogen) atoms. The normalized spacial score (nSPS) is 17.9. The number of fused-ring (bicyclic) bond motifs is 1. The fourth-order valence-corrected chi connectivity index (χ4v) is 5.28. The van der Waals surface area contributed by atoms with E-state index in [2.05, 4.69) is 19.3 Å². The van der Waals surface area contributed by atoms with Crippen molar-refractivity contribution in [2.75, 3.05) is 25.0 Å². The van der Waals surface area contributed by atoms with Gasteiger partial charge in [-0.3, -0.25) is 4.79 Å². The van der Waals surface area contributed by atoms with Crippen LogP contribution in [0.25, 0.3) is 0 Å². The highest BCUT2D eigenvalue weighted by atomic mass is 32.2. The van der Waals surface area contributed by atoms with Gasteiger partial charge in [-0.1, -0.05) is 16.6 Å². The van der Waals surface area contributed by atoms with Crippen LogP contribution in [0.5, 0.6) is 0 Å². The van der Waals surface area contributed by atoms with Gasteiger partial charge in [-0.2, -0.15) is 8.42 Å². The van der Waals surface area contributed by atoms with E-state index in [1.807, 2.05) is 4.90 Å². The first-order valence-corrected chi connectivity index (χ1v) is 11.6. The predicted octanol–water partition coefficient (Wildman–Crippen LogP) is 1.51. The summed E-state index contributed by atoms with van der Waals surface area (Å²) in [6.07, 6.45) is 1.04. The summed E-state index contributed by atoms with van der Waals surface area (Å²) in [5.41, 5.74) is 0.588. The zero-order valence-electron chi connectivity index (χ0n) is 16.1. The summed E-state index contributed by atoms with van der Waals surface area (Å²) in [4.78, 5) is 26.7. The molecule has 3 heterocycles. The average molecular weight is 450 g/mol. The summed E-state index contributed by atoms with van der Waals surface area (Å²) < 4.78 is 37.1. The number of piperidine rings is 1. The molecule has 158 valence electrons. The van der Waals surface area contributed by atoms with Crippen LogP contribution >= 0.6 is 11.5 Å². The number of ether oxygens (including phenoxy) is 1. The number of esters is 1. The first-order valence-electron chi connectivity index (χ1n) is 9.40. The van der Waals surface area contributed by atoms with Gasteiger partial charge in [-0.05, 0) is 31.9 Å². The number of carbonyl (C=O) groups excluding carboxylic acids is 2. The van der Waals surface area contributed by atoms with E-state index in [4.69, 9.17) is 4.74 Å². The molecular formula is C18H19N5O5S2. The minimum Gasteiger partial charge on any atom is -0.461 e. The number of amidine groups is 1. The Balaban J connectivity index is 1.41. The number of hydrogen-bond acceptors (Lipinski definition) is 9. The standard InChI is InChI=1S/C18H19N5O5S2/c1-2-28-18(25)14-17(29-22-20-14)19-16(24)11-7-9-23(10-8-11)15-12-5-3-4-6-13(12)30(26,27)21-15/h3-6,11H,2,7-10H2,1H3,(H,19,24). The molecule has 0 aliphatic carbocycles. The summed E-state index contributed by atoms with van der Waals surface area (Å²) >= 11 is 0.919. The van der Waals surface area contributed by atoms with Gasteiger partial charge in [0.25, 0.3) is 10.0 Å². The van der Waals surface area contributed by atoms with Crippen LogP contribution in [0, 0.1) is 5.92 Å². The lowest BCUT2D eigenvalue weighted by atomic mass is 9.95. The Hall–Kier alpha value is -2.86. The van der Waals surface area contributed by atoms with Gasteiger partial charge in [0.1, 0.15) is 4.90 Å². The maximum atomic E-state index is 12.7. The van der Waals surface area contributed by atoms with E-state index in [9.17, 15) is 18.0 Å². The van der Waals surface area contributed by atoms with E-state index in [0.717, 1.165) is 11.5 Å². The van der Waals surface area contributed by atoms with Crippen molar-refractivity contribution >= 4 is 44.3 Å². The average Bonchev–Trinajstić information content (AvgIpc) is 3.31. The quantitative estimate of drug-likeness (QED) is 0.695. The van der Waals surface area contributed by atoms with Gasteiger partial charge < -0.3 is 15.0 Å². The van der Waals surface area contributed by atoms with Crippen LogP contribution < -0.4 is 5.32 Å². The highest BCUT2D eigenvalue weighted by molar-refractivity contribution is 7.90. The fraction of sp³-hybridized carbons (Fsp3) is 0.389. The molecule has 0 saturated carbocycles. The lowest BCUT2D eigenvalue weighted by Crippen LogP contribution is -2.41.